The summed E-state index contributed by atoms with van der Waals surface area (Å²) in [4.78, 5) is 48.7. The third kappa shape index (κ3) is 3.07. The van der Waals surface area contributed by atoms with E-state index in [9.17, 15) is 24.3 Å². The van der Waals surface area contributed by atoms with Crippen LogP contribution in [0.2, 0.25) is 0 Å². The van der Waals surface area contributed by atoms with Gasteiger partial charge in [0, 0.05) is 0 Å². The molecule has 0 aromatic heterocycles. The first-order chi connectivity index (χ1) is 12.4. The summed E-state index contributed by atoms with van der Waals surface area (Å²) in [5, 5.41) is 11.9. The Morgan fingerprint density at radius 1 is 1.27 bits per heavy atom. The first-order valence-corrected chi connectivity index (χ1v) is 8.04. The van der Waals surface area contributed by atoms with Gasteiger partial charge in [0.05, 0.1) is 19.1 Å². The van der Waals surface area contributed by atoms with Gasteiger partial charge in [-0.25, -0.2) is 4.79 Å². The predicted octanol–water partition coefficient (Wildman–Crippen LogP) is -0.593. The van der Waals surface area contributed by atoms with E-state index >= 15 is 0 Å². The van der Waals surface area contributed by atoms with E-state index < -0.39 is 47.8 Å². The van der Waals surface area contributed by atoms with Gasteiger partial charge in [0.2, 0.25) is 5.91 Å². The van der Waals surface area contributed by atoms with Crippen LogP contribution in [0.25, 0.3) is 0 Å². The van der Waals surface area contributed by atoms with E-state index in [2.05, 4.69) is 10.1 Å². The highest BCUT2D eigenvalue weighted by Crippen LogP contribution is 2.40. The number of nitrogens with one attached hydrogen (secondary N) is 1. The van der Waals surface area contributed by atoms with E-state index in [0.717, 1.165) is 4.90 Å². The summed E-state index contributed by atoms with van der Waals surface area (Å²) in [5.74, 6) is -3.41. The molecule has 26 heavy (non-hydrogen) atoms. The number of carbonyl (C=O) groups is 4. The maximum atomic E-state index is 12.3. The van der Waals surface area contributed by atoms with Gasteiger partial charge in [0.1, 0.15) is 17.8 Å². The van der Waals surface area contributed by atoms with Crippen molar-refractivity contribution in [1.29, 1.82) is 0 Å². The number of nitrogens with zero attached hydrogens (tertiary/aromatic N) is 1. The summed E-state index contributed by atoms with van der Waals surface area (Å²) in [6.07, 6.45) is 0.125. The van der Waals surface area contributed by atoms with Crippen molar-refractivity contribution in [3.63, 3.8) is 0 Å². The van der Waals surface area contributed by atoms with Crippen LogP contribution in [0.3, 0.4) is 0 Å². The van der Waals surface area contributed by atoms with Crippen molar-refractivity contribution in [2.45, 2.75) is 24.5 Å². The van der Waals surface area contributed by atoms with Gasteiger partial charge in [-0.2, -0.15) is 0 Å². The number of aliphatic carboxylic acids is 1. The van der Waals surface area contributed by atoms with Gasteiger partial charge in [-0.1, -0.05) is 18.2 Å². The number of benzene rings is 1. The molecule has 0 aliphatic carbocycles. The maximum absolute atomic E-state index is 12.3. The molecular formula is C17H18N2O7. The first-order valence-electron chi connectivity index (χ1n) is 8.04. The monoisotopic (exact) mass is 362 g/mol. The van der Waals surface area contributed by atoms with Crippen LogP contribution in [-0.4, -0.2) is 65.6 Å². The molecule has 2 aliphatic heterocycles. The van der Waals surface area contributed by atoms with E-state index in [1.165, 1.54) is 7.11 Å². The zero-order chi connectivity index (χ0) is 18.8. The van der Waals surface area contributed by atoms with E-state index in [1.54, 1.807) is 24.3 Å². The molecule has 3 rings (SSSR count). The number of β-lactam (4-membered cyclic amide) rings is 1. The Balaban J connectivity index is 1.61. The molecule has 0 saturated carbocycles. The number of para-hydroxylation sites is 1. The van der Waals surface area contributed by atoms with E-state index in [1.807, 2.05) is 6.07 Å². The maximum Gasteiger partial charge on any atom is 0.327 e. The molecule has 9 heteroatoms. The second-order valence-corrected chi connectivity index (χ2v) is 6.11. The number of carboxylic acid groups (broad SMARTS) is 1. The number of methoxy groups -OCH3 is 1. The average Bonchev–Trinajstić information content (AvgIpc) is 3.01. The minimum Gasteiger partial charge on any atom is -0.484 e. The smallest absolute Gasteiger partial charge is 0.327 e. The summed E-state index contributed by atoms with van der Waals surface area (Å²) in [6, 6.07) is 6.04. The van der Waals surface area contributed by atoms with E-state index in [0.29, 0.717) is 5.75 Å². The quantitative estimate of drug-likeness (QED) is 0.512. The molecule has 0 bridgehead atoms. The summed E-state index contributed by atoms with van der Waals surface area (Å²) in [6.45, 7) is -0.275. The van der Waals surface area contributed by atoms with Crippen molar-refractivity contribution in [2.75, 3.05) is 13.7 Å². The van der Waals surface area contributed by atoms with Crippen LogP contribution in [0, 0.1) is 5.92 Å². The van der Waals surface area contributed by atoms with Gasteiger partial charge in [-0.05, 0) is 18.6 Å². The number of rotatable bonds is 6. The molecule has 2 saturated heterocycles. The minimum atomic E-state index is -1.27. The molecule has 2 aliphatic rings. The Labute approximate surface area is 148 Å². The van der Waals surface area contributed by atoms with Crippen LogP contribution in [0.4, 0.5) is 0 Å². The molecule has 2 heterocycles. The molecule has 4 unspecified atom stereocenters. The molecule has 2 N–H and O–H groups in total. The van der Waals surface area contributed by atoms with Crippen molar-refractivity contribution in [3.05, 3.63) is 30.3 Å². The highest BCUT2D eigenvalue weighted by atomic mass is 16.5. The Bertz CT molecular complexity index is 736. The van der Waals surface area contributed by atoms with E-state index in [-0.39, 0.29) is 13.0 Å². The van der Waals surface area contributed by atoms with Crippen molar-refractivity contribution < 1.29 is 33.8 Å². The Morgan fingerprint density at radius 2 is 1.96 bits per heavy atom. The van der Waals surface area contributed by atoms with Crippen LogP contribution < -0.4 is 10.1 Å². The van der Waals surface area contributed by atoms with Crippen molar-refractivity contribution >= 4 is 23.8 Å². The van der Waals surface area contributed by atoms with Crippen molar-refractivity contribution in [1.82, 2.24) is 10.2 Å². The number of ether oxygens (including phenoxy) is 2. The summed E-state index contributed by atoms with van der Waals surface area (Å²) >= 11 is 0. The van der Waals surface area contributed by atoms with Gasteiger partial charge in [-0.3, -0.25) is 14.4 Å². The SMILES string of the molecule is COC(=O)C1CC2C(NC(=O)COc3ccccc3)C(=O)N2C1C(=O)O. The Kier molecular flexibility index (Phi) is 4.79. The lowest BCUT2D eigenvalue weighted by Crippen LogP contribution is -2.71. The minimum absolute atomic E-state index is 0.125. The van der Waals surface area contributed by atoms with E-state index in [4.69, 9.17) is 4.74 Å². The Morgan fingerprint density at radius 3 is 2.58 bits per heavy atom. The van der Waals surface area contributed by atoms with Gasteiger partial charge < -0.3 is 24.8 Å². The largest absolute Gasteiger partial charge is 0.484 e. The van der Waals surface area contributed by atoms with Crippen molar-refractivity contribution in [2.24, 2.45) is 5.92 Å². The van der Waals surface area contributed by atoms with Gasteiger partial charge >= 0.3 is 11.9 Å². The molecule has 0 radical (unpaired) electrons. The number of carbonyl (C=O) groups excluding carboxylic acids is 3. The second-order valence-electron chi connectivity index (χ2n) is 6.11. The lowest BCUT2D eigenvalue weighted by atomic mass is 9.94. The standard InChI is InChI=1S/C17H18N2O7/c1-25-17(24)10-7-11-13(15(21)19(11)14(10)16(22)23)18-12(20)8-26-9-5-3-2-4-6-9/h2-6,10-11,13-14H,7-8H2,1H3,(H,18,20)(H,22,23). The van der Waals surface area contributed by atoms with Gasteiger partial charge in [0.15, 0.2) is 6.61 Å². The van der Waals surface area contributed by atoms with Crippen molar-refractivity contribution in [3.8, 4) is 5.75 Å². The van der Waals surface area contributed by atoms with Crippen LogP contribution in [0.15, 0.2) is 30.3 Å². The third-order valence-electron chi connectivity index (χ3n) is 4.63. The number of esters is 1. The summed E-state index contributed by atoms with van der Waals surface area (Å²) in [7, 11) is 1.17. The average molecular weight is 362 g/mol. The molecule has 0 spiro atoms. The zero-order valence-corrected chi connectivity index (χ0v) is 14.0. The van der Waals surface area contributed by atoms with Gasteiger partial charge in [-0.15, -0.1) is 0 Å². The predicted molar refractivity (Wildman–Crippen MR) is 86.0 cm³/mol. The first kappa shape index (κ1) is 17.7. The highest BCUT2D eigenvalue weighted by molar-refractivity contribution is 5.99. The normalized spacial score (nSPS) is 26.5. The fraction of sp³-hybridized carbons (Fsp3) is 0.412. The molecule has 4 atom stereocenters. The molecule has 138 valence electrons. The number of hydrogen-bond acceptors (Lipinski definition) is 6. The fourth-order valence-electron chi connectivity index (χ4n) is 3.45. The van der Waals surface area contributed by atoms with Crippen LogP contribution in [0.5, 0.6) is 5.75 Å². The molecule has 2 fully saturated rings. The van der Waals surface area contributed by atoms with Gasteiger partial charge in [0.25, 0.3) is 5.91 Å². The molecule has 2 amide bonds. The topological polar surface area (TPSA) is 122 Å². The number of hydrogen-bond donors (Lipinski definition) is 2. The molecular weight excluding hydrogens is 344 g/mol. The Hall–Kier alpha value is -3.10. The molecule has 1 aromatic rings. The lowest BCUT2D eigenvalue weighted by Gasteiger charge is -2.44. The van der Waals surface area contributed by atoms with Crippen LogP contribution in [0.1, 0.15) is 6.42 Å². The number of fused-ring (bicyclic) bond motifs is 1. The number of amides is 2. The number of carboxylic acids is 1. The molecule has 9 nitrogen and oxygen atoms in total. The fourth-order valence-corrected chi connectivity index (χ4v) is 3.45. The zero-order valence-electron chi connectivity index (χ0n) is 14.0. The van der Waals surface area contributed by atoms with Crippen LogP contribution in [-0.2, 0) is 23.9 Å². The lowest BCUT2D eigenvalue weighted by molar-refractivity contribution is -0.164. The van der Waals surface area contributed by atoms with Crippen LogP contribution >= 0.6 is 0 Å². The highest BCUT2D eigenvalue weighted by Gasteiger charge is 2.62. The third-order valence-corrected chi connectivity index (χ3v) is 4.63. The second kappa shape index (κ2) is 7.03. The molecule has 1 aromatic carbocycles. The summed E-state index contributed by atoms with van der Waals surface area (Å²) < 4.78 is 9.95. The summed E-state index contributed by atoms with van der Waals surface area (Å²) in [5.41, 5.74) is 0.